The summed E-state index contributed by atoms with van der Waals surface area (Å²) in [7, 11) is -2.65. The monoisotopic (exact) mass is 517 g/mol. The van der Waals surface area contributed by atoms with Crippen molar-refractivity contribution in [1.82, 2.24) is 10.5 Å². The highest BCUT2D eigenvalue weighted by molar-refractivity contribution is 7.92. The molecule has 0 fully saturated rings. The van der Waals surface area contributed by atoms with E-state index in [0.717, 1.165) is 11.1 Å². The summed E-state index contributed by atoms with van der Waals surface area (Å²) in [5.41, 5.74) is 5.16. The summed E-state index contributed by atoms with van der Waals surface area (Å²) in [6.07, 6.45) is 3.31. The third-order valence-electron chi connectivity index (χ3n) is 6.12. The van der Waals surface area contributed by atoms with E-state index in [2.05, 4.69) is 4.98 Å². The molecule has 1 heterocycles. The number of rotatable bonds is 8. The van der Waals surface area contributed by atoms with E-state index in [1.54, 1.807) is 49.9 Å². The minimum atomic E-state index is -4.15. The fourth-order valence-corrected chi connectivity index (χ4v) is 5.82. The second-order valence-corrected chi connectivity index (χ2v) is 10.3. The molecule has 1 amide bonds. The number of carbonyl (C=O) groups excluding carboxylic acids is 1. The summed E-state index contributed by atoms with van der Waals surface area (Å²) >= 11 is 0. The highest BCUT2D eigenvalue weighted by Crippen LogP contribution is 2.38. The van der Waals surface area contributed by atoms with Gasteiger partial charge in [-0.1, -0.05) is 36.4 Å². The topological polar surface area (TPSA) is 109 Å². The average Bonchev–Trinajstić information content (AvgIpc) is 2.93. The number of sulfonamides is 1. The number of benzene rings is 3. The van der Waals surface area contributed by atoms with Crippen LogP contribution in [-0.2, 0) is 16.6 Å². The van der Waals surface area contributed by atoms with Gasteiger partial charge in [-0.3, -0.25) is 19.3 Å². The van der Waals surface area contributed by atoms with Crippen LogP contribution in [0, 0.1) is 13.8 Å². The molecule has 0 radical (unpaired) electrons. The summed E-state index contributed by atoms with van der Waals surface area (Å²) in [4.78, 5) is 17.3. The molecule has 0 aliphatic carbocycles. The lowest BCUT2D eigenvalue weighted by Crippen LogP contribution is -2.34. The Kier molecular flexibility index (Phi) is 7.56. The molecular formula is C28H27N3O5S. The lowest BCUT2D eigenvalue weighted by molar-refractivity contribution is 0.0706. The highest BCUT2D eigenvalue weighted by Gasteiger charge is 2.32. The van der Waals surface area contributed by atoms with E-state index >= 15 is 0 Å². The summed E-state index contributed by atoms with van der Waals surface area (Å²) in [5, 5.41) is 9.64. The first-order valence-electron chi connectivity index (χ1n) is 11.5. The predicted molar refractivity (Wildman–Crippen MR) is 141 cm³/mol. The fraction of sp³-hybridized carbons (Fsp3) is 0.143. The van der Waals surface area contributed by atoms with Gasteiger partial charge in [-0.25, -0.2) is 13.9 Å². The van der Waals surface area contributed by atoms with Gasteiger partial charge in [0, 0.05) is 18.0 Å². The van der Waals surface area contributed by atoms with Crippen molar-refractivity contribution in [2.24, 2.45) is 0 Å². The van der Waals surface area contributed by atoms with Crippen LogP contribution < -0.4 is 14.5 Å². The molecule has 0 saturated heterocycles. The van der Waals surface area contributed by atoms with Gasteiger partial charge in [0.25, 0.3) is 15.9 Å². The van der Waals surface area contributed by atoms with Crippen molar-refractivity contribution in [2.45, 2.75) is 25.3 Å². The van der Waals surface area contributed by atoms with E-state index in [-0.39, 0.29) is 22.7 Å². The molecule has 190 valence electrons. The Bertz CT molecular complexity index is 1510. The molecule has 9 heteroatoms. The first kappa shape index (κ1) is 25.9. The minimum Gasteiger partial charge on any atom is -0.497 e. The lowest BCUT2D eigenvalue weighted by atomic mass is 9.92. The number of methoxy groups -OCH3 is 1. The van der Waals surface area contributed by atoms with Crippen LogP contribution in [0.5, 0.6) is 5.75 Å². The van der Waals surface area contributed by atoms with Crippen molar-refractivity contribution in [3.63, 3.8) is 0 Å². The summed E-state index contributed by atoms with van der Waals surface area (Å²) in [6.45, 7) is 3.42. The van der Waals surface area contributed by atoms with E-state index in [1.807, 2.05) is 42.5 Å². The third-order valence-corrected chi connectivity index (χ3v) is 7.88. The number of aryl methyl sites for hydroxylation is 1. The van der Waals surface area contributed by atoms with Crippen molar-refractivity contribution in [3.05, 3.63) is 107 Å². The van der Waals surface area contributed by atoms with Crippen LogP contribution in [0.2, 0.25) is 0 Å². The largest absolute Gasteiger partial charge is 0.497 e. The standard InChI is InChI=1S/C28H27N3O5S/c1-19-16-25(22-10-7-15-29-17-22)20(2)26(28(32)30-33)27(19)31(18-21-8-5-4-6-9-21)37(34,35)24-13-11-23(36-3)12-14-24/h4-17,33H,18H2,1-3H3,(H,30,32). The Hall–Kier alpha value is -4.21. The maximum absolute atomic E-state index is 14.1. The zero-order valence-electron chi connectivity index (χ0n) is 20.7. The molecule has 4 rings (SSSR count). The van der Waals surface area contributed by atoms with Crippen LogP contribution in [0.25, 0.3) is 11.1 Å². The van der Waals surface area contributed by atoms with Crippen molar-refractivity contribution in [1.29, 1.82) is 0 Å². The van der Waals surface area contributed by atoms with Gasteiger partial charge >= 0.3 is 0 Å². The number of ether oxygens (including phenoxy) is 1. The number of nitrogens with one attached hydrogen (secondary N) is 1. The number of amides is 1. The zero-order valence-corrected chi connectivity index (χ0v) is 21.5. The van der Waals surface area contributed by atoms with Crippen molar-refractivity contribution < 1.29 is 23.2 Å². The number of nitrogens with zero attached hydrogens (tertiary/aromatic N) is 2. The van der Waals surface area contributed by atoms with Gasteiger partial charge in [0.15, 0.2) is 0 Å². The van der Waals surface area contributed by atoms with Gasteiger partial charge in [0.05, 0.1) is 29.8 Å². The van der Waals surface area contributed by atoms with Gasteiger partial charge < -0.3 is 4.74 Å². The number of hydrogen-bond donors (Lipinski definition) is 2. The average molecular weight is 518 g/mol. The maximum Gasteiger partial charge on any atom is 0.277 e. The summed E-state index contributed by atoms with van der Waals surface area (Å²) in [6, 6.07) is 20.6. The zero-order chi connectivity index (χ0) is 26.6. The first-order chi connectivity index (χ1) is 17.8. The van der Waals surface area contributed by atoms with Crippen LogP contribution in [-0.4, -0.2) is 31.6 Å². The van der Waals surface area contributed by atoms with Crippen molar-refractivity contribution in [3.8, 4) is 16.9 Å². The van der Waals surface area contributed by atoms with Crippen LogP contribution in [0.3, 0.4) is 0 Å². The van der Waals surface area contributed by atoms with E-state index in [9.17, 15) is 18.4 Å². The van der Waals surface area contributed by atoms with Crippen LogP contribution in [0.4, 0.5) is 5.69 Å². The summed E-state index contributed by atoms with van der Waals surface area (Å²) < 4.78 is 34.6. The number of hydrogen-bond acceptors (Lipinski definition) is 6. The van der Waals surface area contributed by atoms with E-state index in [0.29, 0.717) is 22.4 Å². The van der Waals surface area contributed by atoms with E-state index < -0.39 is 15.9 Å². The maximum atomic E-state index is 14.1. The first-order valence-corrected chi connectivity index (χ1v) is 12.9. The molecule has 0 aliphatic heterocycles. The number of aromatic nitrogens is 1. The molecule has 0 saturated carbocycles. The van der Waals surface area contributed by atoms with Gasteiger partial charge in [-0.05, 0) is 72.5 Å². The molecule has 0 atom stereocenters. The molecule has 4 aromatic rings. The predicted octanol–water partition coefficient (Wildman–Crippen LogP) is 4.89. The highest BCUT2D eigenvalue weighted by atomic mass is 32.2. The Labute approximate surface area is 216 Å². The Balaban J connectivity index is 1.99. The Morgan fingerprint density at radius 2 is 1.73 bits per heavy atom. The smallest absolute Gasteiger partial charge is 0.277 e. The lowest BCUT2D eigenvalue weighted by Gasteiger charge is -2.30. The number of anilines is 1. The Morgan fingerprint density at radius 3 is 2.32 bits per heavy atom. The van der Waals surface area contributed by atoms with Gasteiger partial charge in [-0.15, -0.1) is 0 Å². The normalized spacial score (nSPS) is 11.1. The molecule has 0 spiro atoms. The fourth-order valence-electron chi connectivity index (χ4n) is 4.29. The molecule has 3 aromatic carbocycles. The molecule has 37 heavy (non-hydrogen) atoms. The van der Waals surface area contributed by atoms with Gasteiger partial charge in [0.2, 0.25) is 0 Å². The van der Waals surface area contributed by atoms with E-state index in [1.165, 1.54) is 23.5 Å². The molecule has 0 aliphatic rings. The van der Waals surface area contributed by atoms with Crippen LogP contribution >= 0.6 is 0 Å². The van der Waals surface area contributed by atoms with Crippen molar-refractivity contribution >= 4 is 21.6 Å². The molecular weight excluding hydrogens is 490 g/mol. The second kappa shape index (κ2) is 10.8. The summed E-state index contributed by atoms with van der Waals surface area (Å²) in [5.74, 6) is -0.300. The van der Waals surface area contributed by atoms with Crippen molar-refractivity contribution in [2.75, 3.05) is 11.4 Å². The number of carbonyl (C=O) groups is 1. The van der Waals surface area contributed by atoms with Crippen LogP contribution in [0.15, 0.2) is 90.1 Å². The van der Waals surface area contributed by atoms with E-state index in [4.69, 9.17) is 4.74 Å². The van der Waals surface area contributed by atoms with Gasteiger partial charge in [-0.2, -0.15) is 0 Å². The molecule has 2 N–H and O–H groups in total. The molecule has 0 bridgehead atoms. The molecule has 0 unspecified atom stereocenters. The third kappa shape index (κ3) is 5.18. The quantitative estimate of drug-likeness (QED) is 0.255. The number of pyridine rings is 1. The minimum absolute atomic E-state index is 0.0343. The second-order valence-electron chi connectivity index (χ2n) is 8.45. The molecule has 8 nitrogen and oxygen atoms in total. The SMILES string of the molecule is COc1ccc(S(=O)(=O)N(Cc2ccccc2)c2c(C)cc(-c3cccnc3)c(C)c2C(=O)NO)cc1. The number of hydroxylamine groups is 1. The Morgan fingerprint density at radius 1 is 1.03 bits per heavy atom. The molecule has 1 aromatic heterocycles. The van der Waals surface area contributed by atoms with Crippen LogP contribution in [0.1, 0.15) is 27.0 Å². The van der Waals surface area contributed by atoms with Gasteiger partial charge in [0.1, 0.15) is 5.75 Å².